The second kappa shape index (κ2) is 12.6. The Labute approximate surface area is 204 Å². The number of hydrogen-bond acceptors (Lipinski definition) is 8. The van der Waals surface area contributed by atoms with Gasteiger partial charge in [0.2, 0.25) is 5.88 Å². The maximum Gasteiger partial charge on any atom is 0.346 e. The molecule has 1 saturated heterocycles. The fraction of sp³-hybridized carbons (Fsp3) is 0.500. The molecule has 1 aromatic heterocycles. The first-order valence-electron chi connectivity index (χ1n) is 11.0. The zero-order valence-corrected chi connectivity index (χ0v) is 20.2. The molecule has 0 aliphatic carbocycles. The van der Waals surface area contributed by atoms with Crippen molar-refractivity contribution in [3.63, 3.8) is 0 Å². The molecule has 0 radical (unpaired) electrons. The molecule has 2 heterocycles. The van der Waals surface area contributed by atoms with Gasteiger partial charge in [0.25, 0.3) is 0 Å². The van der Waals surface area contributed by atoms with Gasteiger partial charge in [-0.1, -0.05) is 0 Å². The van der Waals surface area contributed by atoms with Crippen molar-refractivity contribution in [1.82, 2.24) is 14.6 Å². The number of halogens is 3. The number of carbonyl (C=O) groups is 2. The van der Waals surface area contributed by atoms with Gasteiger partial charge in [0.05, 0.1) is 19.8 Å². The number of hydrogen-bond donors (Lipinski definition) is 2. The first-order valence-corrected chi connectivity index (χ1v) is 11.7. The lowest BCUT2D eigenvalue weighted by Crippen LogP contribution is -2.30. The molecular weight excluding hydrogens is 489 g/mol. The lowest BCUT2D eigenvalue weighted by atomic mass is 10.2. The predicted octanol–water partition coefficient (Wildman–Crippen LogP) is 3.74. The number of benzene rings is 1. The molecule has 0 unspecified atom stereocenters. The smallest absolute Gasteiger partial charge is 0.346 e. The van der Waals surface area contributed by atoms with Crippen LogP contribution >= 0.6 is 11.5 Å². The number of unbranched alkanes of at least 4 members (excludes halogenated alkanes) is 1. The maximum absolute atomic E-state index is 14.4. The molecule has 1 atom stereocenters. The van der Waals surface area contributed by atoms with Crippen molar-refractivity contribution in [3.8, 4) is 11.6 Å². The zero-order valence-electron chi connectivity index (χ0n) is 19.4. The molecule has 1 aromatic carbocycles. The Bertz CT molecular complexity index is 1040. The molecule has 1 aliphatic rings. The number of likely N-dealkylation sites (tertiary alicyclic amines) is 1. The number of ether oxygens (including phenoxy) is 3. The van der Waals surface area contributed by atoms with Crippen molar-refractivity contribution in [2.24, 2.45) is 0 Å². The van der Waals surface area contributed by atoms with Crippen molar-refractivity contribution in [2.75, 3.05) is 45.7 Å². The third-order valence-corrected chi connectivity index (χ3v) is 6.15. The summed E-state index contributed by atoms with van der Waals surface area (Å²) in [5.41, 5.74) is -0.581. The topological polar surface area (TPSA) is 102 Å². The summed E-state index contributed by atoms with van der Waals surface area (Å²) in [4.78, 5) is 26.6. The second-order valence-electron chi connectivity index (χ2n) is 7.79. The van der Waals surface area contributed by atoms with Gasteiger partial charge in [-0.2, -0.15) is 4.37 Å². The molecule has 35 heavy (non-hydrogen) atoms. The van der Waals surface area contributed by atoms with E-state index in [0.29, 0.717) is 25.9 Å². The van der Waals surface area contributed by atoms with E-state index in [1.54, 1.807) is 0 Å². The van der Waals surface area contributed by atoms with E-state index in [9.17, 15) is 22.8 Å². The number of methoxy groups -OCH3 is 2. The Morgan fingerprint density at radius 3 is 2.74 bits per heavy atom. The van der Waals surface area contributed by atoms with Crippen LogP contribution in [-0.2, 0) is 11.3 Å². The number of rotatable bonds is 11. The largest absolute Gasteiger partial charge is 0.494 e. The van der Waals surface area contributed by atoms with E-state index in [0.717, 1.165) is 50.3 Å². The van der Waals surface area contributed by atoms with Gasteiger partial charge < -0.3 is 24.4 Å². The van der Waals surface area contributed by atoms with Crippen LogP contribution in [0.15, 0.2) is 12.1 Å². The molecular formula is C22H27F3N4O5S. The fourth-order valence-electron chi connectivity index (χ4n) is 3.55. The SMILES string of the molecule is COC(=O)c1c(OCc2c(F)ccc(OC)c2F)nsc1NC(=O)NCCCCN1CC[C@@H](F)C1. The van der Waals surface area contributed by atoms with Gasteiger partial charge in [-0.15, -0.1) is 0 Å². The number of esters is 1. The standard InChI is InChI=1S/C22H27F3N4O5S/c1-32-16-6-5-15(24)14(18(16)25)12-34-19-17(21(30)33-2)20(35-28-19)27-22(31)26-8-3-4-9-29-10-7-13(23)11-29/h5-6,13H,3-4,7-12H2,1-2H3,(H2,26,27,31)/t13-/m1/s1. The van der Waals surface area contributed by atoms with Crippen LogP contribution in [0.25, 0.3) is 0 Å². The van der Waals surface area contributed by atoms with Gasteiger partial charge in [-0.3, -0.25) is 5.32 Å². The molecule has 2 amide bonds. The third kappa shape index (κ3) is 6.98. The molecule has 9 nitrogen and oxygen atoms in total. The number of amides is 2. The van der Waals surface area contributed by atoms with Crippen LogP contribution in [0.5, 0.6) is 11.6 Å². The number of alkyl halides is 1. The van der Waals surface area contributed by atoms with Gasteiger partial charge in [0.15, 0.2) is 17.1 Å². The Morgan fingerprint density at radius 2 is 2.06 bits per heavy atom. The highest BCUT2D eigenvalue weighted by atomic mass is 32.1. The van der Waals surface area contributed by atoms with Crippen LogP contribution in [0.4, 0.5) is 23.0 Å². The van der Waals surface area contributed by atoms with Crippen molar-refractivity contribution >= 4 is 28.5 Å². The van der Waals surface area contributed by atoms with Crippen LogP contribution in [-0.4, -0.2) is 67.8 Å². The van der Waals surface area contributed by atoms with Crippen molar-refractivity contribution in [2.45, 2.75) is 32.0 Å². The van der Waals surface area contributed by atoms with E-state index < -0.39 is 42.0 Å². The zero-order chi connectivity index (χ0) is 25.4. The average Bonchev–Trinajstić information content (AvgIpc) is 3.43. The molecule has 2 N–H and O–H groups in total. The minimum atomic E-state index is -0.936. The summed E-state index contributed by atoms with van der Waals surface area (Å²) in [6, 6.07) is 1.60. The quantitative estimate of drug-likeness (QED) is 0.347. The van der Waals surface area contributed by atoms with Gasteiger partial charge in [0.1, 0.15) is 23.6 Å². The fourth-order valence-corrected chi connectivity index (χ4v) is 4.26. The molecule has 1 aliphatic heterocycles. The minimum Gasteiger partial charge on any atom is -0.494 e. The van der Waals surface area contributed by atoms with Crippen molar-refractivity contribution in [1.29, 1.82) is 0 Å². The summed E-state index contributed by atoms with van der Waals surface area (Å²) in [6.45, 7) is 1.77. The van der Waals surface area contributed by atoms with E-state index in [-0.39, 0.29) is 22.2 Å². The van der Waals surface area contributed by atoms with Gasteiger partial charge in [-0.05, 0) is 49.5 Å². The number of nitrogens with zero attached hydrogens (tertiary/aromatic N) is 2. The summed E-state index contributed by atoms with van der Waals surface area (Å²) >= 11 is 0.758. The monoisotopic (exact) mass is 516 g/mol. The summed E-state index contributed by atoms with van der Waals surface area (Å²) < 4.78 is 60.6. The van der Waals surface area contributed by atoms with Gasteiger partial charge >= 0.3 is 12.0 Å². The number of nitrogens with one attached hydrogen (secondary N) is 2. The first-order chi connectivity index (χ1) is 16.8. The number of urea groups is 1. The highest BCUT2D eigenvalue weighted by Gasteiger charge is 2.26. The van der Waals surface area contributed by atoms with Crippen molar-refractivity contribution < 1.29 is 37.0 Å². The molecule has 0 saturated carbocycles. The van der Waals surface area contributed by atoms with Gasteiger partial charge in [0, 0.05) is 19.6 Å². The second-order valence-corrected chi connectivity index (χ2v) is 8.56. The molecule has 192 valence electrons. The Kier molecular flexibility index (Phi) is 9.55. The van der Waals surface area contributed by atoms with Crippen molar-refractivity contribution in [3.05, 3.63) is 34.9 Å². The normalized spacial score (nSPS) is 15.6. The third-order valence-electron chi connectivity index (χ3n) is 5.40. The molecule has 1 fully saturated rings. The van der Waals surface area contributed by atoms with Gasteiger partial charge in [-0.25, -0.2) is 22.8 Å². The highest BCUT2D eigenvalue weighted by Crippen LogP contribution is 2.32. The van der Waals surface area contributed by atoms with Crippen LogP contribution in [0.2, 0.25) is 0 Å². The molecule has 2 aromatic rings. The first kappa shape index (κ1) is 26.5. The maximum atomic E-state index is 14.4. The Hall–Kier alpha value is -3.06. The van der Waals surface area contributed by atoms with E-state index in [4.69, 9.17) is 14.2 Å². The van der Waals surface area contributed by atoms with Crippen LogP contribution in [0, 0.1) is 11.6 Å². The summed E-state index contributed by atoms with van der Waals surface area (Å²) in [5.74, 6) is -3.04. The van der Waals surface area contributed by atoms with Crippen LogP contribution in [0.1, 0.15) is 35.2 Å². The number of carbonyl (C=O) groups excluding carboxylic acids is 2. The highest BCUT2D eigenvalue weighted by molar-refractivity contribution is 7.11. The lowest BCUT2D eigenvalue weighted by Gasteiger charge is -2.14. The van der Waals surface area contributed by atoms with E-state index in [2.05, 4.69) is 19.9 Å². The summed E-state index contributed by atoms with van der Waals surface area (Å²) in [5, 5.41) is 5.25. The molecule has 3 rings (SSSR count). The van der Waals surface area contributed by atoms with E-state index in [1.807, 2.05) is 0 Å². The lowest BCUT2D eigenvalue weighted by molar-refractivity contribution is 0.0596. The summed E-state index contributed by atoms with van der Waals surface area (Å²) in [7, 11) is 2.38. The molecule has 0 spiro atoms. The Morgan fingerprint density at radius 1 is 1.26 bits per heavy atom. The van der Waals surface area contributed by atoms with Crippen LogP contribution in [0.3, 0.4) is 0 Å². The van der Waals surface area contributed by atoms with E-state index in [1.165, 1.54) is 7.11 Å². The number of aromatic nitrogens is 1. The van der Waals surface area contributed by atoms with Crippen LogP contribution < -0.4 is 20.1 Å². The minimum absolute atomic E-state index is 0.0574. The molecule has 0 bridgehead atoms. The Balaban J connectivity index is 1.56. The predicted molar refractivity (Wildman–Crippen MR) is 123 cm³/mol. The molecule has 13 heteroatoms. The summed E-state index contributed by atoms with van der Waals surface area (Å²) in [6.07, 6.45) is 1.30. The number of anilines is 1. The average molecular weight is 517 g/mol. The van der Waals surface area contributed by atoms with E-state index >= 15 is 0 Å².